The van der Waals surface area contributed by atoms with Gasteiger partial charge in [0.1, 0.15) is 6.61 Å². The van der Waals surface area contributed by atoms with Crippen LogP contribution in [-0.4, -0.2) is 29.3 Å². The Balaban J connectivity index is 1.53. The Morgan fingerprint density at radius 1 is 1.10 bits per heavy atom. The molecule has 0 aliphatic heterocycles. The normalized spacial score (nSPS) is 10.8. The van der Waals surface area contributed by atoms with Gasteiger partial charge in [-0.25, -0.2) is 0 Å². The maximum atomic E-state index is 12.0. The highest BCUT2D eigenvalue weighted by molar-refractivity contribution is 5.91. The van der Waals surface area contributed by atoms with Gasteiger partial charge in [-0.15, -0.1) is 0 Å². The van der Waals surface area contributed by atoms with Crippen LogP contribution in [0.25, 0.3) is 6.08 Å². The maximum absolute atomic E-state index is 12.0. The van der Waals surface area contributed by atoms with Gasteiger partial charge in [-0.05, 0) is 41.8 Å². The number of carbonyl (C=O) groups excluding carboxylic acids is 1. The number of nitrogens with zero attached hydrogens (tertiary/aromatic N) is 2. The van der Waals surface area contributed by atoms with Gasteiger partial charge < -0.3 is 14.8 Å². The van der Waals surface area contributed by atoms with Crippen molar-refractivity contribution in [1.29, 1.82) is 0 Å². The molecule has 2 aromatic carbocycles. The van der Waals surface area contributed by atoms with Crippen molar-refractivity contribution in [1.82, 2.24) is 15.1 Å². The Hall–Kier alpha value is -3.54. The third kappa shape index (κ3) is 5.97. The van der Waals surface area contributed by atoms with Crippen molar-refractivity contribution < 1.29 is 14.3 Å². The molecule has 0 atom stereocenters. The number of carbonyl (C=O) groups is 1. The van der Waals surface area contributed by atoms with Gasteiger partial charge in [0, 0.05) is 25.9 Å². The van der Waals surface area contributed by atoms with Crippen LogP contribution in [0.2, 0.25) is 0 Å². The Bertz CT molecular complexity index is 965. The van der Waals surface area contributed by atoms with Gasteiger partial charge in [0.25, 0.3) is 0 Å². The number of aryl methyl sites for hydroxylation is 1. The topological polar surface area (TPSA) is 65.4 Å². The second-order valence-corrected chi connectivity index (χ2v) is 6.51. The molecule has 0 spiro atoms. The molecule has 3 rings (SSSR count). The molecule has 0 aliphatic carbocycles. The quantitative estimate of drug-likeness (QED) is 0.568. The average molecular weight is 391 g/mol. The molecule has 0 bridgehead atoms. The van der Waals surface area contributed by atoms with Gasteiger partial charge in [0.05, 0.1) is 12.8 Å². The Kier molecular flexibility index (Phi) is 7.05. The molecule has 1 heterocycles. The third-order valence-electron chi connectivity index (χ3n) is 4.44. The predicted octanol–water partition coefficient (Wildman–Crippen LogP) is 3.38. The number of hydrogen-bond donors (Lipinski definition) is 1. The number of ether oxygens (including phenoxy) is 2. The molecular weight excluding hydrogens is 366 g/mol. The lowest BCUT2D eigenvalue weighted by atomic mass is 10.1. The van der Waals surface area contributed by atoms with Crippen molar-refractivity contribution in [3.05, 3.63) is 83.7 Å². The summed E-state index contributed by atoms with van der Waals surface area (Å²) in [7, 11) is 3.46. The number of rotatable bonds is 9. The highest BCUT2D eigenvalue weighted by Crippen LogP contribution is 2.29. The van der Waals surface area contributed by atoms with Crippen molar-refractivity contribution in [2.75, 3.05) is 13.7 Å². The van der Waals surface area contributed by atoms with E-state index >= 15 is 0 Å². The number of aromatic nitrogens is 2. The van der Waals surface area contributed by atoms with Gasteiger partial charge in [-0.2, -0.15) is 5.10 Å². The van der Waals surface area contributed by atoms with Crippen LogP contribution in [0.15, 0.2) is 66.9 Å². The third-order valence-corrected chi connectivity index (χ3v) is 4.44. The Morgan fingerprint density at radius 3 is 2.66 bits per heavy atom. The zero-order chi connectivity index (χ0) is 20.5. The van der Waals surface area contributed by atoms with E-state index in [2.05, 4.69) is 10.4 Å². The van der Waals surface area contributed by atoms with E-state index in [0.29, 0.717) is 31.1 Å². The lowest BCUT2D eigenvalue weighted by Crippen LogP contribution is -2.23. The summed E-state index contributed by atoms with van der Waals surface area (Å²) in [5.74, 6) is 1.24. The zero-order valence-electron chi connectivity index (χ0n) is 16.7. The first-order chi connectivity index (χ1) is 14.2. The first-order valence-electron chi connectivity index (χ1n) is 9.43. The van der Waals surface area contributed by atoms with Crippen LogP contribution in [0.5, 0.6) is 11.5 Å². The second kappa shape index (κ2) is 10.1. The highest BCUT2D eigenvalue weighted by atomic mass is 16.5. The second-order valence-electron chi connectivity index (χ2n) is 6.51. The van der Waals surface area contributed by atoms with Crippen LogP contribution < -0.4 is 14.8 Å². The van der Waals surface area contributed by atoms with Crippen molar-refractivity contribution in [3.63, 3.8) is 0 Å². The fourth-order valence-electron chi connectivity index (χ4n) is 2.82. The minimum atomic E-state index is -0.139. The summed E-state index contributed by atoms with van der Waals surface area (Å²) in [6.45, 7) is 0.995. The molecule has 6 heteroatoms. The summed E-state index contributed by atoms with van der Waals surface area (Å²) >= 11 is 0. The minimum absolute atomic E-state index is 0.139. The largest absolute Gasteiger partial charge is 0.493 e. The molecule has 0 fully saturated rings. The van der Waals surface area contributed by atoms with E-state index in [-0.39, 0.29) is 5.91 Å². The van der Waals surface area contributed by atoms with Gasteiger partial charge in [0.15, 0.2) is 11.5 Å². The number of nitrogens with one attached hydrogen (secondary N) is 1. The van der Waals surface area contributed by atoms with Crippen LogP contribution >= 0.6 is 0 Å². The van der Waals surface area contributed by atoms with Gasteiger partial charge in [-0.1, -0.05) is 36.4 Å². The molecule has 0 aliphatic rings. The first kappa shape index (κ1) is 20.2. The maximum Gasteiger partial charge on any atom is 0.244 e. The zero-order valence-corrected chi connectivity index (χ0v) is 16.7. The molecule has 3 aromatic rings. The summed E-state index contributed by atoms with van der Waals surface area (Å²) in [5, 5.41) is 6.96. The van der Waals surface area contributed by atoms with E-state index in [4.69, 9.17) is 9.47 Å². The van der Waals surface area contributed by atoms with E-state index in [1.54, 1.807) is 24.1 Å². The monoisotopic (exact) mass is 391 g/mol. The molecule has 1 aromatic heterocycles. The SMILES string of the molecule is COc1ccc(CCNC(=O)/C=C/c2ccnn2C)cc1OCc1ccccc1. The molecule has 1 amide bonds. The van der Waals surface area contributed by atoms with E-state index < -0.39 is 0 Å². The van der Waals surface area contributed by atoms with Crippen LogP contribution in [0.3, 0.4) is 0 Å². The van der Waals surface area contributed by atoms with Crippen molar-refractivity contribution in [2.45, 2.75) is 13.0 Å². The molecule has 29 heavy (non-hydrogen) atoms. The summed E-state index contributed by atoms with van der Waals surface area (Å²) in [4.78, 5) is 12.0. The standard InChI is InChI=1S/C23H25N3O3/c1-26-20(13-15-25-26)9-11-23(27)24-14-12-18-8-10-21(28-2)22(16-18)29-17-19-6-4-3-5-7-19/h3-11,13,15-16H,12,14,17H2,1-2H3,(H,24,27)/b11-9+. The van der Waals surface area contributed by atoms with Crippen LogP contribution in [0, 0.1) is 0 Å². The number of benzene rings is 2. The van der Waals surface area contributed by atoms with Gasteiger partial charge in [-0.3, -0.25) is 9.48 Å². The molecule has 0 saturated carbocycles. The van der Waals surface area contributed by atoms with Crippen LogP contribution in [-0.2, 0) is 24.9 Å². The van der Waals surface area contributed by atoms with Crippen molar-refractivity contribution in [3.8, 4) is 11.5 Å². The number of methoxy groups -OCH3 is 1. The van der Waals surface area contributed by atoms with E-state index in [1.165, 1.54) is 6.08 Å². The predicted molar refractivity (Wildman–Crippen MR) is 113 cm³/mol. The Labute approximate surface area is 170 Å². The lowest BCUT2D eigenvalue weighted by Gasteiger charge is -2.12. The summed E-state index contributed by atoms with van der Waals surface area (Å²) in [5.41, 5.74) is 3.02. The summed E-state index contributed by atoms with van der Waals surface area (Å²) < 4.78 is 13.0. The first-order valence-corrected chi connectivity index (χ1v) is 9.43. The average Bonchev–Trinajstić information content (AvgIpc) is 3.16. The number of amides is 1. The summed E-state index contributed by atoms with van der Waals surface area (Å²) in [6, 6.07) is 17.7. The molecule has 150 valence electrons. The molecule has 1 N–H and O–H groups in total. The summed E-state index contributed by atoms with van der Waals surface area (Å²) in [6.07, 6.45) is 5.64. The van der Waals surface area contributed by atoms with Gasteiger partial charge in [0.2, 0.25) is 5.91 Å². The fraction of sp³-hybridized carbons (Fsp3) is 0.217. The number of hydrogen-bond acceptors (Lipinski definition) is 4. The molecular formula is C23H25N3O3. The molecule has 0 radical (unpaired) electrons. The van der Waals surface area contributed by atoms with E-state index in [1.807, 2.05) is 61.6 Å². The molecule has 0 unspecified atom stereocenters. The van der Waals surface area contributed by atoms with E-state index in [0.717, 1.165) is 16.8 Å². The smallest absolute Gasteiger partial charge is 0.244 e. The van der Waals surface area contributed by atoms with E-state index in [9.17, 15) is 4.79 Å². The minimum Gasteiger partial charge on any atom is -0.493 e. The lowest BCUT2D eigenvalue weighted by molar-refractivity contribution is -0.116. The van der Waals surface area contributed by atoms with Crippen molar-refractivity contribution in [2.24, 2.45) is 7.05 Å². The Morgan fingerprint density at radius 2 is 1.93 bits per heavy atom. The van der Waals surface area contributed by atoms with Gasteiger partial charge >= 0.3 is 0 Å². The van der Waals surface area contributed by atoms with Crippen LogP contribution in [0.4, 0.5) is 0 Å². The fourth-order valence-corrected chi connectivity index (χ4v) is 2.82. The highest BCUT2D eigenvalue weighted by Gasteiger charge is 2.07. The molecule has 6 nitrogen and oxygen atoms in total. The molecule has 0 saturated heterocycles. The van der Waals surface area contributed by atoms with Crippen molar-refractivity contribution >= 4 is 12.0 Å². The van der Waals surface area contributed by atoms with Crippen LogP contribution in [0.1, 0.15) is 16.8 Å².